The maximum absolute atomic E-state index is 14.3. The van der Waals surface area contributed by atoms with Crippen LogP contribution in [0.4, 0.5) is 8.78 Å². The first-order valence-electron chi connectivity index (χ1n) is 13.5. The number of piperidine rings is 1. The fraction of sp³-hybridized carbons (Fsp3) is 0.448. The molecule has 6 rings (SSSR count). The van der Waals surface area contributed by atoms with Crippen LogP contribution in [0.2, 0.25) is 0 Å². The molecular formula is C29H29F2N3O6. The molecule has 0 aromatic heterocycles. The zero-order valence-electron chi connectivity index (χ0n) is 21.7. The minimum absolute atomic E-state index is 0.00889. The highest BCUT2D eigenvalue weighted by Crippen LogP contribution is 2.42. The number of imide groups is 1. The van der Waals surface area contributed by atoms with Gasteiger partial charge in [-0.2, -0.15) is 0 Å². The van der Waals surface area contributed by atoms with Gasteiger partial charge in [0, 0.05) is 37.7 Å². The molecule has 0 radical (unpaired) electrons. The third-order valence-corrected chi connectivity index (χ3v) is 8.49. The molecule has 11 heteroatoms. The number of hydrogen-bond acceptors (Lipinski definition) is 6. The molecule has 4 heterocycles. The molecule has 3 fully saturated rings. The summed E-state index contributed by atoms with van der Waals surface area (Å²) in [5.74, 6) is -3.60. The van der Waals surface area contributed by atoms with Crippen LogP contribution >= 0.6 is 0 Å². The number of ether oxygens (including phenoxy) is 1. The number of morpholine rings is 1. The Kier molecular flexibility index (Phi) is 6.66. The number of hydrogen-bond donors (Lipinski definition) is 1. The molecule has 4 aliphatic heterocycles. The number of fused-ring (bicyclic) bond motifs is 3. The van der Waals surface area contributed by atoms with Crippen molar-refractivity contribution < 1.29 is 37.8 Å². The maximum Gasteiger partial charge on any atom is 0.312 e. The summed E-state index contributed by atoms with van der Waals surface area (Å²) in [6.07, 6.45) is 0.953. The highest BCUT2D eigenvalue weighted by atomic mass is 19.1. The SMILES string of the molecule is O=C(C(=O)N1C2CCC1CC(O)(Cc1ccc(F)cc1F)C2)N1CCOC(CN2C(=O)c3ccccc3C2=O)C1. The second-order valence-corrected chi connectivity index (χ2v) is 11.2. The van der Waals surface area contributed by atoms with Crippen molar-refractivity contribution in [1.82, 2.24) is 14.7 Å². The summed E-state index contributed by atoms with van der Waals surface area (Å²) < 4.78 is 33.3. The van der Waals surface area contributed by atoms with E-state index in [1.54, 1.807) is 29.2 Å². The van der Waals surface area contributed by atoms with E-state index >= 15 is 0 Å². The van der Waals surface area contributed by atoms with E-state index in [2.05, 4.69) is 0 Å². The number of amides is 4. The number of carbonyl (C=O) groups is 4. The minimum atomic E-state index is -1.28. The maximum atomic E-state index is 14.3. The molecular weight excluding hydrogens is 524 g/mol. The van der Waals surface area contributed by atoms with Crippen LogP contribution in [0.25, 0.3) is 0 Å². The highest BCUT2D eigenvalue weighted by molar-refractivity contribution is 6.35. The average molecular weight is 554 g/mol. The molecule has 1 N–H and O–H groups in total. The number of nitrogens with zero attached hydrogens (tertiary/aromatic N) is 3. The van der Waals surface area contributed by atoms with Crippen LogP contribution in [0.3, 0.4) is 0 Å². The first-order chi connectivity index (χ1) is 19.1. The number of carbonyl (C=O) groups excluding carboxylic acids is 4. The molecule has 4 aliphatic rings. The van der Waals surface area contributed by atoms with Gasteiger partial charge in [-0.15, -0.1) is 0 Å². The molecule has 2 aromatic carbocycles. The van der Waals surface area contributed by atoms with E-state index in [0.29, 0.717) is 24.0 Å². The van der Waals surface area contributed by atoms with Crippen molar-refractivity contribution in [1.29, 1.82) is 0 Å². The Bertz CT molecular complexity index is 1350. The Morgan fingerprint density at radius 1 is 0.975 bits per heavy atom. The predicted octanol–water partition coefficient (Wildman–Crippen LogP) is 1.92. The van der Waals surface area contributed by atoms with E-state index < -0.39 is 47.0 Å². The van der Waals surface area contributed by atoms with Gasteiger partial charge < -0.3 is 19.6 Å². The topological polar surface area (TPSA) is 107 Å². The van der Waals surface area contributed by atoms with Gasteiger partial charge in [0.15, 0.2) is 0 Å². The van der Waals surface area contributed by atoms with Crippen LogP contribution in [-0.2, 0) is 20.7 Å². The normalized spacial score (nSPS) is 27.8. The molecule has 0 saturated carbocycles. The fourth-order valence-electron chi connectivity index (χ4n) is 6.69. The lowest BCUT2D eigenvalue weighted by Crippen LogP contribution is -2.59. The van der Waals surface area contributed by atoms with Crippen molar-refractivity contribution in [3.63, 3.8) is 0 Å². The summed E-state index contributed by atoms with van der Waals surface area (Å²) in [5.41, 5.74) is -0.416. The van der Waals surface area contributed by atoms with Crippen molar-refractivity contribution in [2.75, 3.05) is 26.2 Å². The first kappa shape index (κ1) is 26.5. The number of aliphatic hydroxyl groups is 1. The predicted molar refractivity (Wildman–Crippen MR) is 136 cm³/mol. The lowest BCUT2D eigenvalue weighted by atomic mass is 9.81. The van der Waals surface area contributed by atoms with Crippen LogP contribution < -0.4 is 0 Å². The van der Waals surface area contributed by atoms with E-state index in [1.165, 1.54) is 11.0 Å². The van der Waals surface area contributed by atoms with E-state index in [1.807, 2.05) is 0 Å². The van der Waals surface area contributed by atoms with Crippen molar-refractivity contribution >= 4 is 23.6 Å². The number of benzene rings is 2. The number of rotatable bonds is 4. The van der Waals surface area contributed by atoms with Gasteiger partial charge in [-0.05, 0) is 49.4 Å². The molecule has 0 aliphatic carbocycles. The Labute approximate surface area is 229 Å². The van der Waals surface area contributed by atoms with Crippen LogP contribution in [0.1, 0.15) is 52.0 Å². The van der Waals surface area contributed by atoms with Crippen LogP contribution in [0.5, 0.6) is 0 Å². The summed E-state index contributed by atoms with van der Waals surface area (Å²) >= 11 is 0. The van der Waals surface area contributed by atoms with Crippen molar-refractivity contribution in [2.45, 2.75) is 55.9 Å². The molecule has 2 bridgehead atoms. The minimum Gasteiger partial charge on any atom is -0.389 e. The van der Waals surface area contributed by atoms with Gasteiger partial charge in [0.2, 0.25) is 0 Å². The zero-order chi connectivity index (χ0) is 28.2. The summed E-state index contributed by atoms with van der Waals surface area (Å²) in [7, 11) is 0. The van der Waals surface area contributed by atoms with Crippen LogP contribution in [0.15, 0.2) is 42.5 Å². The second kappa shape index (κ2) is 10.0. The van der Waals surface area contributed by atoms with Gasteiger partial charge in [0.1, 0.15) is 11.6 Å². The molecule has 2 aromatic rings. The number of halogens is 2. The summed E-state index contributed by atoms with van der Waals surface area (Å²) in [4.78, 5) is 56.3. The smallest absolute Gasteiger partial charge is 0.312 e. The molecule has 3 saturated heterocycles. The average Bonchev–Trinajstić information content (AvgIpc) is 3.35. The molecule has 4 amide bonds. The molecule has 40 heavy (non-hydrogen) atoms. The van der Waals surface area contributed by atoms with E-state index in [4.69, 9.17) is 4.74 Å². The lowest BCUT2D eigenvalue weighted by Gasteiger charge is -2.44. The van der Waals surface area contributed by atoms with Gasteiger partial charge in [0.05, 0.1) is 36.0 Å². The quantitative estimate of drug-likeness (QED) is 0.458. The van der Waals surface area contributed by atoms with Gasteiger partial charge in [-0.3, -0.25) is 24.1 Å². The lowest BCUT2D eigenvalue weighted by molar-refractivity contribution is -0.161. The molecule has 0 spiro atoms. The van der Waals surface area contributed by atoms with E-state index in [-0.39, 0.29) is 63.2 Å². The third kappa shape index (κ3) is 4.66. The van der Waals surface area contributed by atoms with Gasteiger partial charge in [-0.1, -0.05) is 18.2 Å². The Morgan fingerprint density at radius 2 is 1.62 bits per heavy atom. The summed E-state index contributed by atoms with van der Waals surface area (Å²) in [5, 5.41) is 11.3. The van der Waals surface area contributed by atoms with Crippen molar-refractivity contribution in [3.05, 3.63) is 70.8 Å². The van der Waals surface area contributed by atoms with Crippen molar-refractivity contribution in [3.8, 4) is 0 Å². The first-order valence-corrected chi connectivity index (χ1v) is 13.5. The second-order valence-electron chi connectivity index (χ2n) is 11.2. The third-order valence-electron chi connectivity index (χ3n) is 8.49. The highest BCUT2D eigenvalue weighted by Gasteiger charge is 2.51. The molecule has 3 unspecified atom stereocenters. The van der Waals surface area contributed by atoms with Crippen LogP contribution in [-0.4, -0.2) is 93.5 Å². The van der Waals surface area contributed by atoms with Gasteiger partial charge >= 0.3 is 11.8 Å². The molecule has 3 atom stereocenters. The Morgan fingerprint density at radius 3 is 2.25 bits per heavy atom. The summed E-state index contributed by atoms with van der Waals surface area (Å²) in [6, 6.07) is 9.07. The van der Waals surface area contributed by atoms with E-state index in [0.717, 1.165) is 17.0 Å². The summed E-state index contributed by atoms with van der Waals surface area (Å²) in [6.45, 7) is 0.365. The van der Waals surface area contributed by atoms with Crippen molar-refractivity contribution in [2.24, 2.45) is 0 Å². The molecule has 210 valence electrons. The molecule has 9 nitrogen and oxygen atoms in total. The largest absolute Gasteiger partial charge is 0.389 e. The Hall–Kier alpha value is -3.70. The van der Waals surface area contributed by atoms with Gasteiger partial charge in [-0.25, -0.2) is 8.78 Å². The zero-order valence-corrected chi connectivity index (χ0v) is 21.7. The van der Waals surface area contributed by atoms with E-state index in [9.17, 15) is 33.1 Å². The van der Waals surface area contributed by atoms with Gasteiger partial charge in [0.25, 0.3) is 11.8 Å². The van der Waals surface area contributed by atoms with Crippen LogP contribution in [0, 0.1) is 11.6 Å². The Balaban J connectivity index is 1.09. The monoisotopic (exact) mass is 553 g/mol. The standard InChI is InChI=1S/C29H29F2N3O6/c30-18-6-5-17(24(31)11-18)12-29(39)13-19-7-8-20(14-29)34(19)28(38)27(37)32-9-10-40-21(15-32)16-33-25(35)22-3-1-2-4-23(22)26(33)36/h1-6,11,19-21,39H,7-10,12-16H2. The fourth-order valence-corrected chi connectivity index (χ4v) is 6.69.